The van der Waals surface area contributed by atoms with Crippen LogP contribution < -0.4 is 5.32 Å². The zero-order chi connectivity index (χ0) is 16.6. The molecule has 0 radical (unpaired) electrons. The number of nitrogens with one attached hydrogen (secondary N) is 1. The van der Waals surface area contributed by atoms with Crippen LogP contribution in [0, 0.1) is 0 Å². The molecule has 1 aliphatic carbocycles. The Balaban J connectivity index is 1.95. The molecular formula is C17H21F3N2O. The fourth-order valence-corrected chi connectivity index (χ4v) is 3.06. The lowest BCUT2D eigenvalue weighted by Gasteiger charge is -2.13. The van der Waals surface area contributed by atoms with Gasteiger partial charge in [-0.1, -0.05) is 26.7 Å². The monoisotopic (exact) mass is 326 g/mol. The molecule has 0 atom stereocenters. The maximum absolute atomic E-state index is 13.3. The van der Waals surface area contributed by atoms with Gasteiger partial charge < -0.3 is 9.73 Å². The number of benzene rings is 1. The summed E-state index contributed by atoms with van der Waals surface area (Å²) in [5.74, 6) is 0.287. The molecule has 0 bridgehead atoms. The molecule has 1 N–H and O–H groups in total. The van der Waals surface area contributed by atoms with Crippen LogP contribution in [0.15, 0.2) is 16.5 Å². The molecular weight excluding hydrogens is 305 g/mol. The Morgan fingerprint density at radius 3 is 2.57 bits per heavy atom. The third-order valence-corrected chi connectivity index (χ3v) is 4.32. The molecule has 1 fully saturated rings. The molecule has 0 saturated heterocycles. The quantitative estimate of drug-likeness (QED) is 0.859. The summed E-state index contributed by atoms with van der Waals surface area (Å²) in [4.78, 5) is 4.23. The Bertz CT molecular complexity index is 685. The number of rotatable bonds is 4. The van der Waals surface area contributed by atoms with E-state index < -0.39 is 11.7 Å². The highest BCUT2D eigenvalue weighted by atomic mass is 19.4. The van der Waals surface area contributed by atoms with Gasteiger partial charge in [0.1, 0.15) is 11.1 Å². The number of aromatic nitrogens is 1. The van der Waals surface area contributed by atoms with Gasteiger partial charge in [-0.05, 0) is 30.5 Å². The van der Waals surface area contributed by atoms with Gasteiger partial charge in [0.05, 0.1) is 0 Å². The zero-order valence-corrected chi connectivity index (χ0v) is 13.3. The molecule has 1 heterocycles. The molecule has 6 heteroatoms. The van der Waals surface area contributed by atoms with Crippen LogP contribution in [-0.2, 0) is 12.7 Å². The fraction of sp³-hybridized carbons (Fsp3) is 0.588. The number of nitrogens with zero attached hydrogens (tertiary/aromatic N) is 1. The second-order valence-corrected chi connectivity index (χ2v) is 6.56. The van der Waals surface area contributed by atoms with Crippen LogP contribution in [0.3, 0.4) is 0 Å². The van der Waals surface area contributed by atoms with Crippen LogP contribution in [0.5, 0.6) is 0 Å². The highest BCUT2D eigenvalue weighted by Gasteiger charge is 2.35. The lowest BCUT2D eigenvalue weighted by Crippen LogP contribution is -2.25. The van der Waals surface area contributed by atoms with E-state index in [1.54, 1.807) is 6.07 Å². The van der Waals surface area contributed by atoms with E-state index in [4.69, 9.17) is 4.42 Å². The Morgan fingerprint density at radius 2 is 1.96 bits per heavy atom. The van der Waals surface area contributed by atoms with Gasteiger partial charge in [-0.15, -0.1) is 0 Å². The van der Waals surface area contributed by atoms with Gasteiger partial charge in [0.25, 0.3) is 0 Å². The van der Waals surface area contributed by atoms with Crippen LogP contribution >= 0.6 is 0 Å². The molecule has 1 saturated carbocycles. The van der Waals surface area contributed by atoms with Crippen LogP contribution in [0.4, 0.5) is 13.2 Å². The Hall–Kier alpha value is -1.56. The number of fused-ring (bicyclic) bond motifs is 1. The van der Waals surface area contributed by atoms with Gasteiger partial charge in [-0.25, -0.2) is 4.98 Å². The molecule has 0 unspecified atom stereocenters. The van der Waals surface area contributed by atoms with Gasteiger partial charge in [0.2, 0.25) is 0 Å². The fourth-order valence-electron chi connectivity index (χ4n) is 3.06. The largest absolute Gasteiger partial charge is 0.440 e. The topological polar surface area (TPSA) is 38.1 Å². The van der Waals surface area contributed by atoms with E-state index in [0.717, 1.165) is 12.8 Å². The van der Waals surface area contributed by atoms with E-state index in [-0.39, 0.29) is 17.0 Å². The van der Waals surface area contributed by atoms with E-state index in [1.807, 2.05) is 13.8 Å². The molecule has 126 valence electrons. The van der Waals surface area contributed by atoms with Crippen molar-refractivity contribution in [1.82, 2.24) is 10.3 Å². The van der Waals surface area contributed by atoms with Crippen LogP contribution in [0.1, 0.15) is 62.5 Å². The maximum Gasteiger partial charge on any atom is 0.420 e. The lowest BCUT2D eigenvalue weighted by atomic mass is 10.1. The van der Waals surface area contributed by atoms with Crippen molar-refractivity contribution in [2.75, 3.05) is 0 Å². The first-order valence-electron chi connectivity index (χ1n) is 8.08. The molecule has 1 aliphatic rings. The summed E-state index contributed by atoms with van der Waals surface area (Å²) in [7, 11) is 0. The highest BCUT2D eigenvalue weighted by Crippen LogP contribution is 2.37. The van der Waals surface area contributed by atoms with Crippen molar-refractivity contribution in [3.8, 4) is 0 Å². The summed E-state index contributed by atoms with van der Waals surface area (Å²) in [5, 5.41) is 3.35. The SMILES string of the molecule is CC(C)c1nc2cc(CNC3CCCC3)cc(C(F)(F)F)c2o1. The van der Waals surface area contributed by atoms with E-state index in [1.165, 1.54) is 18.9 Å². The molecule has 3 rings (SSSR count). The second kappa shape index (κ2) is 6.15. The number of hydrogen-bond acceptors (Lipinski definition) is 3. The molecule has 0 spiro atoms. The minimum Gasteiger partial charge on any atom is -0.440 e. The molecule has 23 heavy (non-hydrogen) atoms. The minimum absolute atomic E-state index is 0.0523. The van der Waals surface area contributed by atoms with Crippen molar-refractivity contribution in [1.29, 1.82) is 0 Å². The predicted octanol–water partition coefficient (Wildman–Crippen LogP) is 5.00. The number of hydrogen-bond donors (Lipinski definition) is 1. The van der Waals surface area contributed by atoms with E-state index >= 15 is 0 Å². The summed E-state index contributed by atoms with van der Waals surface area (Å²) in [6.07, 6.45) is 0.109. The summed E-state index contributed by atoms with van der Waals surface area (Å²) < 4.78 is 45.4. The summed E-state index contributed by atoms with van der Waals surface area (Å²) in [5.41, 5.74) is -0.0180. The lowest BCUT2D eigenvalue weighted by molar-refractivity contribution is -0.136. The first-order valence-corrected chi connectivity index (χ1v) is 8.08. The van der Waals surface area contributed by atoms with E-state index in [9.17, 15) is 13.2 Å². The third kappa shape index (κ3) is 3.52. The van der Waals surface area contributed by atoms with Crippen LogP contribution in [0.25, 0.3) is 11.1 Å². The van der Waals surface area contributed by atoms with Gasteiger partial charge in [0, 0.05) is 18.5 Å². The summed E-state index contributed by atoms with van der Waals surface area (Å²) >= 11 is 0. The van der Waals surface area contributed by atoms with Crippen LogP contribution in [-0.4, -0.2) is 11.0 Å². The predicted molar refractivity (Wildman–Crippen MR) is 82.2 cm³/mol. The maximum atomic E-state index is 13.3. The third-order valence-electron chi connectivity index (χ3n) is 4.32. The van der Waals surface area contributed by atoms with Crippen molar-refractivity contribution in [3.63, 3.8) is 0 Å². The van der Waals surface area contributed by atoms with Crippen molar-refractivity contribution in [2.45, 2.75) is 64.2 Å². The Kier molecular flexibility index (Phi) is 4.36. The van der Waals surface area contributed by atoms with Gasteiger partial charge >= 0.3 is 6.18 Å². The van der Waals surface area contributed by atoms with E-state index in [2.05, 4.69) is 10.3 Å². The van der Waals surface area contributed by atoms with Crippen molar-refractivity contribution in [3.05, 3.63) is 29.2 Å². The van der Waals surface area contributed by atoms with Crippen molar-refractivity contribution < 1.29 is 17.6 Å². The number of halogens is 3. The standard InChI is InChI=1S/C17H21F3N2O/c1-10(2)16-22-14-8-11(9-21-12-5-3-4-6-12)7-13(15(14)23-16)17(18,19)20/h7-8,10,12,21H,3-6,9H2,1-2H3. The normalized spacial score (nSPS) is 16.8. The van der Waals surface area contributed by atoms with Crippen molar-refractivity contribution in [2.24, 2.45) is 0 Å². The first kappa shape index (κ1) is 16.3. The minimum atomic E-state index is -4.45. The summed E-state index contributed by atoms with van der Waals surface area (Å²) in [6.45, 7) is 4.12. The Morgan fingerprint density at radius 1 is 1.26 bits per heavy atom. The summed E-state index contributed by atoms with van der Waals surface area (Å²) in [6, 6.07) is 3.28. The number of alkyl halides is 3. The number of oxazole rings is 1. The first-order chi connectivity index (χ1) is 10.8. The van der Waals surface area contributed by atoms with Crippen molar-refractivity contribution >= 4 is 11.1 Å². The smallest absolute Gasteiger partial charge is 0.420 e. The van der Waals surface area contributed by atoms with Crippen LogP contribution in [0.2, 0.25) is 0 Å². The average molecular weight is 326 g/mol. The van der Waals surface area contributed by atoms with Gasteiger partial charge in [0.15, 0.2) is 11.5 Å². The molecule has 1 aromatic heterocycles. The Labute approximate surface area is 133 Å². The highest BCUT2D eigenvalue weighted by molar-refractivity contribution is 5.78. The second-order valence-electron chi connectivity index (χ2n) is 6.56. The van der Waals surface area contributed by atoms with Gasteiger partial charge in [-0.3, -0.25) is 0 Å². The molecule has 0 amide bonds. The average Bonchev–Trinajstić information content (AvgIpc) is 3.12. The van der Waals surface area contributed by atoms with E-state index in [0.29, 0.717) is 24.0 Å². The molecule has 0 aliphatic heterocycles. The molecule has 1 aromatic carbocycles. The van der Waals surface area contributed by atoms with Gasteiger partial charge in [-0.2, -0.15) is 13.2 Å². The molecule has 3 nitrogen and oxygen atoms in total. The zero-order valence-electron chi connectivity index (χ0n) is 13.3. The molecule has 2 aromatic rings.